The highest BCUT2D eigenvalue weighted by Gasteiger charge is 2.01. The van der Waals surface area contributed by atoms with E-state index in [9.17, 15) is 4.79 Å². The maximum Gasteiger partial charge on any atom is 0.404 e. The molecular weight excluding hydrogens is 176 g/mol. The van der Waals surface area contributed by atoms with Crippen molar-refractivity contribution in [2.45, 2.75) is 6.10 Å². The van der Waals surface area contributed by atoms with Crippen LogP contribution >= 0.6 is 0 Å². The van der Waals surface area contributed by atoms with E-state index in [0.29, 0.717) is 13.1 Å². The van der Waals surface area contributed by atoms with Crippen LogP contribution < -0.4 is 11.1 Å². The van der Waals surface area contributed by atoms with Crippen molar-refractivity contribution in [2.75, 3.05) is 33.4 Å². The standard InChI is InChI=1S/C7H16N2O4/c1-12-5-6(10)4-9-2-3-13-7(8)11/h6,9-10H,2-5H2,1H3,(H2,8,11). The third kappa shape index (κ3) is 9.06. The molecule has 0 aromatic carbocycles. The van der Waals surface area contributed by atoms with Gasteiger partial charge in [0.2, 0.25) is 0 Å². The lowest BCUT2D eigenvalue weighted by Crippen LogP contribution is -2.32. The van der Waals surface area contributed by atoms with Gasteiger partial charge >= 0.3 is 6.09 Å². The van der Waals surface area contributed by atoms with Crippen LogP contribution in [0.25, 0.3) is 0 Å². The van der Waals surface area contributed by atoms with Crippen LogP contribution in [0.4, 0.5) is 4.79 Å². The van der Waals surface area contributed by atoms with Crippen molar-refractivity contribution in [3.05, 3.63) is 0 Å². The van der Waals surface area contributed by atoms with E-state index in [-0.39, 0.29) is 13.2 Å². The van der Waals surface area contributed by atoms with E-state index in [1.807, 2.05) is 0 Å². The third-order valence-corrected chi connectivity index (χ3v) is 1.26. The van der Waals surface area contributed by atoms with Gasteiger partial charge in [-0.1, -0.05) is 0 Å². The highest BCUT2D eigenvalue weighted by Crippen LogP contribution is 1.80. The number of carbonyl (C=O) groups excluding carboxylic acids is 1. The first-order chi connectivity index (χ1) is 6.16. The van der Waals surface area contributed by atoms with Crippen LogP contribution in [-0.2, 0) is 9.47 Å². The zero-order valence-electron chi connectivity index (χ0n) is 7.66. The Morgan fingerprint density at radius 3 is 2.92 bits per heavy atom. The molecule has 0 fully saturated rings. The number of aliphatic hydroxyl groups excluding tert-OH is 1. The molecule has 0 heterocycles. The van der Waals surface area contributed by atoms with Gasteiger partial charge in [-0.05, 0) is 0 Å². The molecule has 0 aliphatic rings. The van der Waals surface area contributed by atoms with E-state index in [1.54, 1.807) is 0 Å². The number of amides is 1. The number of aliphatic hydroxyl groups is 1. The lowest BCUT2D eigenvalue weighted by Gasteiger charge is -2.10. The van der Waals surface area contributed by atoms with Crippen LogP contribution in [-0.4, -0.2) is 50.7 Å². The van der Waals surface area contributed by atoms with Crippen LogP contribution in [0.15, 0.2) is 0 Å². The van der Waals surface area contributed by atoms with Crippen molar-refractivity contribution >= 4 is 6.09 Å². The fraction of sp³-hybridized carbons (Fsp3) is 0.857. The Kier molecular flexibility index (Phi) is 7.27. The zero-order valence-corrected chi connectivity index (χ0v) is 7.66. The summed E-state index contributed by atoms with van der Waals surface area (Å²) >= 11 is 0. The molecule has 1 atom stereocenters. The van der Waals surface area contributed by atoms with Gasteiger partial charge in [-0.2, -0.15) is 0 Å². The van der Waals surface area contributed by atoms with Crippen LogP contribution in [0, 0.1) is 0 Å². The van der Waals surface area contributed by atoms with Gasteiger partial charge in [0.25, 0.3) is 0 Å². The largest absolute Gasteiger partial charge is 0.448 e. The first-order valence-corrected chi connectivity index (χ1v) is 3.96. The second kappa shape index (κ2) is 7.78. The van der Waals surface area contributed by atoms with Crippen molar-refractivity contribution in [1.82, 2.24) is 5.32 Å². The molecule has 6 nitrogen and oxygen atoms in total. The summed E-state index contributed by atoms with van der Waals surface area (Å²) in [5.74, 6) is 0. The number of nitrogens with two attached hydrogens (primary N) is 1. The van der Waals surface area contributed by atoms with Gasteiger partial charge in [0, 0.05) is 20.2 Å². The number of hydrogen-bond donors (Lipinski definition) is 3. The number of nitrogens with one attached hydrogen (secondary N) is 1. The fourth-order valence-electron chi connectivity index (χ4n) is 0.744. The first kappa shape index (κ1) is 12.2. The number of hydrogen-bond acceptors (Lipinski definition) is 5. The van der Waals surface area contributed by atoms with Crippen molar-refractivity contribution < 1.29 is 19.4 Å². The second-order valence-corrected chi connectivity index (χ2v) is 2.48. The quantitative estimate of drug-likeness (QED) is 0.435. The molecule has 0 aromatic rings. The molecule has 0 bridgehead atoms. The molecule has 0 aliphatic carbocycles. The molecule has 4 N–H and O–H groups in total. The molecular formula is C7H16N2O4. The first-order valence-electron chi connectivity index (χ1n) is 3.96. The number of primary amides is 1. The molecule has 6 heteroatoms. The minimum absolute atomic E-state index is 0.203. The minimum atomic E-state index is -0.792. The molecule has 78 valence electrons. The van der Waals surface area contributed by atoms with Gasteiger partial charge in [-0.3, -0.25) is 0 Å². The fourth-order valence-corrected chi connectivity index (χ4v) is 0.744. The Hall–Kier alpha value is -0.850. The molecule has 13 heavy (non-hydrogen) atoms. The van der Waals surface area contributed by atoms with Gasteiger partial charge in [-0.25, -0.2) is 4.79 Å². The second-order valence-electron chi connectivity index (χ2n) is 2.48. The van der Waals surface area contributed by atoms with Crippen molar-refractivity contribution in [1.29, 1.82) is 0 Å². The maximum atomic E-state index is 10.1. The van der Waals surface area contributed by atoms with Crippen LogP contribution in [0.1, 0.15) is 0 Å². The van der Waals surface area contributed by atoms with Crippen molar-refractivity contribution in [3.8, 4) is 0 Å². The Morgan fingerprint density at radius 1 is 1.69 bits per heavy atom. The monoisotopic (exact) mass is 192 g/mol. The normalized spacial score (nSPS) is 12.5. The molecule has 0 spiro atoms. The van der Waals surface area contributed by atoms with E-state index in [4.69, 9.17) is 15.6 Å². The van der Waals surface area contributed by atoms with Gasteiger partial charge in [-0.15, -0.1) is 0 Å². The predicted molar refractivity (Wildman–Crippen MR) is 46.3 cm³/mol. The topological polar surface area (TPSA) is 93.8 Å². The molecule has 0 radical (unpaired) electrons. The summed E-state index contributed by atoms with van der Waals surface area (Å²) in [7, 11) is 1.51. The third-order valence-electron chi connectivity index (χ3n) is 1.26. The SMILES string of the molecule is COCC(O)CNCCOC(N)=O. The average Bonchev–Trinajstić information content (AvgIpc) is 2.03. The van der Waals surface area contributed by atoms with Crippen LogP contribution in [0.3, 0.4) is 0 Å². The summed E-state index contributed by atoms with van der Waals surface area (Å²) in [6.45, 7) is 1.35. The van der Waals surface area contributed by atoms with Gasteiger partial charge in [0.1, 0.15) is 6.61 Å². The number of rotatable bonds is 7. The van der Waals surface area contributed by atoms with Crippen LogP contribution in [0.2, 0.25) is 0 Å². The Bertz CT molecular complexity index is 142. The van der Waals surface area contributed by atoms with Gasteiger partial charge < -0.3 is 25.6 Å². The zero-order chi connectivity index (χ0) is 10.1. The predicted octanol–water partition coefficient (Wildman–Crippen LogP) is -1.32. The number of ether oxygens (including phenoxy) is 2. The summed E-state index contributed by atoms with van der Waals surface area (Å²) in [6.07, 6.45) is -1.34. The molecule has 0 saturated heterocycles. The van der Waals surface area contributed by atoms with E-state index in [1.165, 1.54) is 7.11 Å². The van der Waals surface area contributed by atoms with E-state index in [0.717, 1.165) is 0 Å². The maximum absolute atomic E-state index is 10.1. The highest BCUT2D eigenvalue weighted by atomic mass is 16.5. The molecule has 0 aromatic heterocycles. The number of carbonyl (C=O) groups is 1. The Morgan fingerprint density at radius 2 is 2.38 bits per heavy atom. The van der Waals surface area contributed by atoms with Gasteiger partial charge in [0.05, 0.1) is 12.7 Å². The lowest BCUT2D eigenvalue weighted by atomic mass is 10.4. The van der Waals surface area contributed by atoms with Crippen LogP contribution in [0.5, 0.6) is 0 Å². The molecule has 0 aliphatic heterocycles. The van der Waals surface area contributed by atoms with Crippen molar-refractivity contribution in [3.63, 3.8) is 0 Å². The summed E-state index contributed by atoms with van der Waals surface area (Å²) in [6, 6.07) is 0. The molecule has 1 amide bonds. The highest BCUT2D eigenvalue weighted by molar-refractivity contribution is 5.64. The Labute approximate surface area is 77.0 Å². The lowest BCUT2D eigenvalue weighted by molar-refractivity contribution is 0.0636. The molecule has 1 unspecified atom stereocenters. The average molecular weight is 192 g/mol. The van der Waals surface area contributed by atoms with Gasteiger partial charge in [0.15, 0.2) is 0 Å². The molecule has 0 rings (SSSR count). The van der Waals surface area contributed by atoms with E-state index in [2.05, 4.69) is 10.1 Å². The minimum Gasteiger partial charge on any atom is -0.448 e. The summed E-state index contributed by atoms with van der Waals surface area (Å²) < 4.78 is 9.15. The van der Waals surface area contributed by atoms with E-state index >= 15 is 0 Å². The summed E-state index contributed by atoms with van der Waals surface area (Å²) in [4.78, 5) is 10.1. The van der Waals surface area contributed by atoms with Crippen molar-refractivity contribution in [2.24, 2.45) is 5.73 Å². The Balaban J connectivity index is 3.11. The molecule has 0 saturated carbocycles. The van der Waals surface area contributed by atoms with E-state index < -0.39 is 12.2 Å². The smallest absolute Gasteiger partial charge is 0.404 e. The number of methoxy groups -OCH3 is 1. The summed E-state index contributed by atoms with van der Waals surface area (Å²) in [5.41, 5.74) is 4.72. The summed E-state index contributed by atoms with van der Waals surface area (Å²) in [5, 5.41) is 12.0.